The van der Waals surface area contributed by atoms with Crippen LogP contribution < -0.4 is 4.90 Å². The van der Waals surface area contributed by atoms with E-state index in [2.05, 4.69) is 71.0 Å². The maximum Gasteiger partial charge on any atom is 0.143 e. The van der Waals surface area contributed by atoms with Crippen molar-refractivity contribution in [2.24, 2.45) is 4.99 Å². The Morgan fingerprint density at radius 3 is 2.58 bits per heavy atom. The van der Waals surface area contributed by atoms with E-state index in [0.717, 1.165) is 34.8 Å². The van der Waals surface area contributed by atoms with Gasteiger partial charge in [-0.3, -0.25) is 0 Å². The smallest absolute Gasteiger partial charge is 0.143 e. The number of hydrogen-bond donors (Lipinski definition) is 0. The molecule has 1 heterocycles. The van der Waals surface area contributed by atoms with Crippen LogP contribution in [0.2, 0.25) is 0 Å². The average Bonchev–Trinajstić information content (AvgIpc) is 2.56. The van der Waals surface area contributed by atoms with Gasteiger partial charge in [-0.25, -0.2) is 9.98 Å². The van der Waals surface area contributed by atoms with Crippen LogP contribution in [0.15, 0.2) is 39.8 Å². The van der Waals surface area contributed by atoms with Crippen LogP contribution in [0.3, 0.4) is 0 Å². The van der Waals surface area contributed by atoms with Crippen LogP contribution in [0.25, 0.3) is 0 Å². The summed E-state index contributed by atoms with van der Waals surface area (Å²) >= 11 is 3.65. The number of rotatable bonds is 6. The van der Waals surface area contributed by atoms with Gasteiger partial charge in [0.2, 0.25) is 0 Å². The van der Waals surface area contributed by atoms with Crippen molar-refractivity contribution in [1.82, 2.24) is 9.88 Å². The molecule has 0 saturated carbocycles. The van der Waals surface area contributed by atoms with Crippen molar-refractivity contribution in [3.05, 3.63) is 51.6 Å². The van der Waals surface area contributed by atoms with Gasteiger partial charge in [-0.2, -0.15) is 0 Å². The molecule has 24 heavy (non-hydrogen) atoms. The maximum atomic E-state index is 4.75. The highest BCUT2D eigenvalue weighted by molar-refractivity contribution is 9.10. The second kappa shape index (κ2) is 8.29. The van der Waals surface area contributed by atoms with Gasteiger partial charge in [-0.1, -0.05) is 24.3 Å². The first kappa shape index (κ1) is 18.5. The summed E-state index contributed by atoms with van der Waals surface area (Å²) in [6.07, 6.45) is 1.84. The van der Waals surface area contributed by atoms with Crippen LogP contribution >= 0.6 is 15.9 Å². The normalized spacial score (nSPS) is 11.1. The third-order valence-electron chi connectivity index (χ3n) is 4.04. The van der Waals surface area contributed by atoms with Gasteiger partial charge < -0.3 is 9.80 Å². The molecule has 1 aromatic heterocycles. The molecular formula is C19H25BrN4. The van der Waals surface area contributed by atoms with Crippen LogP contribution in [0.1, 0.15) is 23.7 Å². The quantitative estimate of drug-likeness (QED) is 0.530. The number of benzene rings is 1. The van der Waals surface area contributed by atoms with E-state index in [9.17, 15) is 0 Å². The molecule has 0 radical (unpaired) electrons. The topological polar surface area (TPSA) is 31.7 Å². The summed E-state index contributed by atoms with van der Waals surface area (Å²) in [5.41, 5.74) is 4.40. The highest BCUT2D eigenvalue weighted by Gasteiger charge is 2.12. The Hall–Kier alpha value is -1.88. The Kier molecular flexibility index (Phi) is 6.37. The molecule has 4 nitrogen and oxygen atoms in total. The highest BCUT2D eigenvalue weighted by Crippen LogP contribution is 2.30. The van der Waals surface area contributed by atoms with E-state index in [1.807, 2.05) is 31.3 Å². The number of aliphatic imine (C=N–C) groups is 1. The lowest BCUT2D eigenvalue weighted by atomic mass is 10.1. The lowest BCUT2D eigenvalue weighted by Crippen LogP contribution is -2.19. The predicted molar refractivity (Wildman–Crippen MR) is 106 cm³/mol. The van der Waals surface area contributed by atoms with Crippen molar-refractivity contribution in [2.45, 2.75) is 27.3 Å². The standard InChI is InChI=1S/C19H25BrN4/c1-6-23(4)13-21-18-11-17(20)19(22-15(18)3)24(5)12-16-10-8-7-9-14(16)2/h7-11,13H,6,12H2,1-5H3. The molecule has 0 fully saturated rings. The fourth-order valence-corrected chi connectivity index (χ4v) is 2.93. The lowest BCUT2D eigenvalue weighted by Gasteiger charge is -2.21. The molecule has 1 aromatic carbocycles. The largest absolute Gasteiger partial charge is 0.366 e. The summed E-state index contributed by atoms with van der Waals surface area (Å²) in [5, 5.41) is 0. The highest BCUT2D eigenvalue weighted by atomic mass is 79.9. The summed E-state index contributed by atoms with van der Waals surface area (Å²) in [6, 6.07) is 10.5. The van der Waals surface area contributed by atoms with E-state index < -0.39 is 0 Å². The number of pyridine rings is 1. The second-order valence-electron chi connectivity index (χ2n) is 6.00. The fourth-order valence-electron chi connectivity index (χ4n) is 2.32. The molecule has 0 spiro atoms. The van der Waals surface area contributed by atoms with Gasteiger partial charge in [-0.05, 0) is 53.9 Å². The molecule has 2 rings (SSSR count). The molecule has 0 aliphatic heterocycles. The first-order chi connectivity index (χ1) is 11.4. The first-order valence-corrected chi connectivity index (χ1v) is 8.89. The molecule has 0 aliphatic carbocycles. The van der Waals surface area contributed by atoms with Crippen LogP contribution in [-0.2, 0) is 6.54 Å². The summed E-state index contributed by atoms with van der Waals surface area (Å²) in [7, 11) is 4.07. The molecule has 5 heteroatoms. The van der Waals surface area contributed by atoms with Crippen LogP contribution in [-0.4, -0.2) is 36.9 Å². The van der Waals surface area contributed by atoms with Gasteiger partial charge in [-0.15, -0.1) is 0 Å². The van der Waals surface area contributed by atoms with Crippen molar-refractivity contribution < 1.29 is 0 Å². The first-order valence-electron chi connectivity index (χ1n) is 8.09. The third-order valence-corrected chi connectivity index (χ3v) is 4.63. The van der Waals surface area contributed by atoms with Crippen molar-refractivity contribution in [3.63, 3.8) is 0 Å². The Bertz CT molecular complexity index is 727. The summed E-state index contributed by atoms with van der Waals surface area (Å²) < 4.78 is 0.954. The number of nitrogens with zero attached hydrogens (tertiary/aromatic N) is 4. The molecule has 128 valence electrons. The number of aromatic nitrogens is 1. The maximum absolute atomic E-state index is 4.75. The van der Waals surface area contributed by atoms with Gasteiger partial charge in [0.15, 0.2) is 0 Å². The van der Waals surface area contributed by atoms with Gasteiger partial charge in [0, 0.05) is 27.2 Å². The minimum Gasteiger partial charge on any atom is -0.366 e. The number of aryl methyl sites for hydroxylation is 2. The molecule has 0 N–H and O–H groups in total. The molecule has 0 amide bonds. The van der Waals surface area contributed by atoms with Crippen molar-refractivity contribution in [2.75, 3.05) is 25.5 Å². The number of anilines is 1. The van der Waals surface area contributed by atoms with Crippen molar-refractivity contribution in [3.8, 4) is 0 Å². The summed E-state index contributed by atoms with van der Waals surface area (Å²) in [5.74, 6) is 0.929. The SMILES string of the molecule is CCN(C)C=Nc1cc(Br)c(N(C)Cc2ccccc2C)nc1C. The molecule has 0 unspecified atom stereocenters. The Labute approximate surface area is 153 Å². The third kappa shape index (κ3) is 4.57. The van der Waals surface area contributed by atoms with Crippen LogP contribution in [0, 0.1) is 13.8 Å². The van der Waals surface area contributed by atoms with E-state index in [4.69, 9.17) is 4.98 Å². The Balaban J connectivity index is 2.23. The monoisotopic (exact) mass is 388 g/mol. The molecule has 0 saturated heterocycles. The van der Waals surface area contributed by atoms with E-state index in [0.29, 0.717) is 0 Å². The number of hydrogen-bond acceptors (Lipinski definition) is 3. The molecular weight excluding hydrogens is 364 g/mol. The second-order valence-corrected chi connectivity index (χ2v) is 6.85. The minimum absolute atomic E-state index is 0.818. The zero-order valence-electron chi connectivity index (χ0n) is 15.0. The van der Waals surface area contributed by atoms with Gasteiger partial charge in [0.1, 0.15) is 5.82 Å². The molecule has 0 aliphatic rings. The lowest BCUT2D eigenvalue weighted by molar-refractivity contribution is 0.552. The van der Waals surface area contributed by atoms with E-state index in [-0.39, 0.29) is 0 Å². The summed E-state index contributed by atoms with van der Waals surface area (Å²) in [4.78, 5) is 13.5. The van der Waals surface area contributed by atoms with Crippen LogP contribution in [0.5, 0.6) is 0 Å². The molecule has 0 bridgehead atoms. The van der Waals surface area contributed by atoms with Gasteiger partial charge in [0.05, 0.1) is 22.2 Å². The van der Waals surface area contributed by atoms with Crippen molar-refractivity contribution >= 4 is 33.8 Å². The van der Waals surface area contributed by atoms with Gasteiger partial charge >= 0.3 is 0 Å². The number of halogens is 1. The average molecular weight is 389 g/mol. The predicted octanol–water partition coefficient (Wildman–Crippen LogP) is 4.71. The molecule has 0 atom stereocenters. The van der Waals surface area contributed by atoms with Gasteiger partial charge in [0.25, 0.3) is 0 Å². The van der Waals surface area contributed by atoms with E-state index >= 15 is 0 Å². The Morgan fingerprint density at radius 2 is 1.92 bits per heavy atom. The van der Waals surface area contributed by atoms with E-state index in [1.165, 1.54) is 11.1 Å². The zero-order valence-corrected chi connectivity index (χ0v) is 16.6. The minimum atomic E-state index is 0.818. The van der Waals surface area contributed by atoms with Crippen molar-refractivity contribution in [1.29, 1.82) is 0 Å². The van der Waals surface area contributed by atoms with E-state index in [1.54, 1.807) is 0 Å². The Morgan fingerprint density at radius 1 is 1.21 bits per heavy atom. The molecule has 2 aromatic rings. The zero-order chi connectivity index (χ0) is 17.7. The summed E-state index contributed by atoms with van der Waals surface area (Å²) in [6.45, 7) is 7.97. The van der Waals surface area contributed by atoms with Crippen LogP contribution in [0.4, 0.5) is 11.5 Å². The fraction of sp³-hybridized carbons (Fsp3) is 0.368.